The third kappa shape index (κ3) is 3.85. The first-order valence-corrected chi connectivity index (χ1v) is 7.61. The van der Waals surface area contributed by atoms with Crippen LogP contribution in [-0.2, 0) is 11.2 Å². The van der Waals surface area contributed by atoms with E-state index in [0.29, 0.717) is 12.8 Å². The summed E-state index contributed by atoms with van der Waals surface area (Å²) in [5.74, 6) is 0.284. The van der Waals surface area contributed by atoms with Crippen molar-refractivity contribution in [2.45, 2.75) is 39.2 Å². The predicted molar refractivity (Wildman–Crippen MR) is 85.1 cm³/mol. The van der Waals surface area contributed by atoms with E-state index in [0.717, 1.165) is 17.5 Å². The van der Waals surface area contributed by atoms with Crippen molar-refractivity contribution in [2.24, 2.45) is 5.92 Å². The molecule has 0 aliphatic rings. The first-order chi connectivity index (χ1) is 10.2. The zero-order valence-corrected chi connectivity index (χ0v) is 12.7. The molecule has 0 bridgehead atoms. The van der Waals surface area contributed by atoms with Crippen LogP contribution < -0.4 is 5.32 Å². The average Bonchev–Trinajstić information content (AvgIpc) is 2.93. The summed E-state index contributed by atoms with van der Waals surface area (Å²) in [4.78, 5) is 15.3. The molecule has 4 heteroatoms. The van der Waals surface area contributed by atoms with Crippen LogP contribution >= 0.6 is 0 Å². The Morgan fingerprint density at radius 3 is 2.86 bits per heavy atom. The van der Waals surface area contributed by atoms with Gasteiger partial charge in [0.2, 0.25) is 5.91 Å². The first-order valence-electron chi connectivity index (χ1n) is 7.61. The molecule has 0 saturated heterocycles. The van der Waals surface area contributed by atoms with Gasteiger partial charge in [0, 0.05) is 23.5 Å². The van der Waals surface area contributed by atoms with Gasteiger partial charge in [-0.2, -0.15) is 0 Å². The Bertz CT molecular complexity index is 591. The summed E-state index contributed by atoms with van der Waals surface area (Å²) < 4.78 is 0. The summed E-state index contributed by atoms with van der Waals surface area (Å²) >= 11 is 0. The van der Waals surface area contributed by atoms with Crippen LogP contribution in [0.25, 0.3) is 10.9 Å². The fourth-order valence-electron chi connectivity index (χ4n) is 2.52. The highest BCUT2D eigenvalue weighted by Gasteiger charge is 2.17. The van der Waals surface area contributed by atoms with Gasteiger partial charge in [-0.15, -0.1) is 0 Å². The smallest absolute Gasteiger partial charge is 0.220 e. The number of benzene rings is 1. The lowest BCUT2D eigenvalue weighted by atomic mass is 9.99. The van der Waals surface area contributed by atoms with Crippen molar-refractivity contribution in [2.75, 3.05) is 6.61 Å². The zero-order chi connectivity index (χ0) is 15.2. The second kappa shape index (κ2) is 7.27. The van der Waals surface area contributed by atoms with E-state index in [1.165, 1.54) is 5.39 Å². The lowest BCUT2D eigenvalue weighted by Crippen LogP contribution is -2.41. The third-order valence-corrected chi connectivity index (χ3v) is 4.17. The molecule has 2 rings (SSSR count). The zero-order valence-electron chi connectivity index (χ0n) is 12.7. The van der Waals surface area contributed by atoms with Crippen molar-refractivity contribution < 1.29 is 9.90 Å². The number of aryl methyl sites for hydroxylation is 1. The van der Waals surface area contributed by atoms with Crippen LogP contribution in [0, 0.1) is 5.92 Å². The minimum Gasteiger partial charge on any atom is -0.394 e. The number of aromatic nitrogens is 1. The number of aromatic amines is 1. The van der Waals surface area contributed by atoms with E-state index in [2.05, 4.69) is 23.3 Å². The second-order valence-corrected chi connectivity index (χ2v) is 5.60. The van der Waals surface area contributed by atoms with E-state index in [1.54, 1.807) is 0 Å². The average molecular weight is 288 g/mol. The molecule has 1 amide bonds. The van der Waals surface area contributed by atoms with Gasteiger partial charge in [0.05, 0.1) is 12.6 Å². The molecule has 0 aliphatic heterocycles. The molecule has 1 heterocycles. The maximum atomic E-state index is 12.0. The van der Waals surface area contributed by atoms with Crippen molar-refractivity contribution in [1.29, 1.82) is 0 Å². The summed E-state index contributed by atoms with van der Waals surface area (Å²) in [6.45, 7) is 4.10. The number of nitrogens with one attached hydrogen (secondary N) is 2. The number of rotatable bonds is 7. The van der Waals surface area contributed by atoms with Crippen LogP contribution in [-0.4, -0.2) is 28.6 Å². The number of amides is 1. The molecule has 4 nitrogen and oxygen atoms in total. The summed E-state index contributed by atoms with van der Waals surface area (Å²) in [5, 5.41) is 13.5. The Kier molecular flexibility index (Phi) is 5.39. The molecule has 114 valence electrons. The third-order valence-electron chi connectivity index (χ3n) is 4.17. The lowest BCUT2D eigenvalue weighted by molar-refractivity contribution is -0.122. The van der Waals surface area contributed by atoms with Crippen LogP contribution in [0.3, 0.4) is 0 Å². The second-order valence-electron chi connectivity index (χ2n) is 5.60. The SMILES string of the molecule is CC[C@@H](C)[C@@H](CO)NC(=O)CCc1c[nH]c2ccccc12. The monoisotopic (exact) mass is 288 g/mol. The van der Waals surface area contributed by atoms with Crippen LogP contribution in [0.4, 0.5) is 0 Å². The first kappa shape index (κ1) is 15.6. The van der Waals surface area contributed by atoms with E-state index in [1.807, 2.05) is 31.3 Å². The van der Waals surface area contributed by atoms with Crippen LogP contribution in [0.2, 0.25) is 0 Å². The highest BCUT2D eigenvalue weighted by molar-refractivity contribution is 5.84. The van der Waals surface area contributed by atoms with Crippen LogP contribution in [0.15, 0.2) is 30.5 Å². The summed E-state index contributed by atoms with van der Waals surface area (Å²) in [7, 11) is 0. The Morgan fingerprint density at radius 1 is 1.38 bits per heavy atom. The number of hydrogen-bond donors (Lipinski definition) is 3. The van der Waals surface area contributed by atoms with Crippen LogP contribution in [0.5, 0.6) is 0 Å². The fraction of sp³-hybridized carbons (Fsp3) is 0.471. The molecule has 0 aliphatic carbocycles. The number of H-pyrrole nitrogens is 1. The van der Waals surface area contributed by atoms with Gasteiger partial charge >= 0.3 is 0 Å². The fourth-order valence-corrected chi connectivity index (χ4v) is 2.52. The molecular formula is C17H24N2O2. The van der Waals surface area contributed by atoms with Gasteiger partial charge < -0.3 is 15.4 Å². The van der Waals surface area contributed by atoms with Crippen LogP contribution in [0.1, 0.15) is 32.3 Å². The minimum atomic E-state index is -0.148. The maximum Gasteiger partial charge on any atom is 0.220 e. The number of carbonyl (C=O) groups excluding carboxylic acids is 1. The Hall–Kier alpha value is -1.81. The van der Waals surface area contributed by atoms with Crippen molar-refractivity contribution in [3.05, 3.63) is 36.0 Å². The number of aliphatic hydroxyl groups excluding tert-OH is 1. The molecule has 2 aromatic rings. The molecule has 0 radical (unpaired) electrons. The van der Waals surface area contributed by atoms with E-state index >= 15 is 0 Å². The van der Waals surface area contributed by atoms with Gasteiger partial charge in [0.1, 0.15) is 0 Å². The van der Waals surface area contributed by atoms with Crippen molar-refractivity contribution in [3.63, 3.8) is 0 Å². The van der Waals surface area contributed by atoms with Gasteiger partial charge in [0.25, 0.3) is 0 Å². The van der Waals surface area contributed by atoms with Crippen molar-refractivity contribution in [1.82, 2.24) is 10.3 Å². The summed E-state index contributed by atoms with van der Waals surface area (Å²) in [6, 6.07) is 7.95. The molecule has 1 aromatic heterocycles. The predicted octanol–water partition coefficient (Wildman–Crippen LogP) is 2.62. The molecule has 0 fully saturated rings. The van der Waals surface area contributed by atoms with Gasteiger partial charge in [0.15, 0.2) is 0 Å². The number of carbonyl (C=O) groups is 1. The molecule has 0 saturated carbocycles. The van der Waals surface area contributed by atoms with Gasteiger partial charge in [-0.1, -0.05) is 38.5 Å². The Balaban J connectivity index is 1.92. The van der Waals surface area contributed by atoms with Crippen molar-refractivity contribution in [3.8, 4) is 0 Å². The molecular weight excluding hydrogens is 264 g/mol. The largest absolute Gasteiger partial charge is 0.394 e. The molecule has 1 aromatic carbocycles. The van der Waals surface area contributed by atoms with E-state index in [4.69, 9.17) is 0 Å². The molecule has 0 unspecified atom stereocenters. The quantitative estimate of drug-likeness (QED) is 0.733. The summed E-state index contributed by atoms with van der Waals surface area (Å²) in [5.41, 5.74) is 2.26. The molecule has 3 N–H and O–H groups in total. The topological polar surface area (TPSA) is 65.1 Å². The Morgan fingerprint density at radius 2 is 2.14 bits per heavy atom. The van der Waals surface area contributed by atoms with Crippen molar-refractivity contribution >= 4 is 16.8 Å². The standard InChI is InChI=1S/C17H24N2O2/c1-3-12(2)16(11-20)19-17(21)9-8-13-10-18-15-7-5-4-6-14(13)15/h4-7,10,12,16,18,20H,3,8-9,11H2,1-2H3,(H,19,21)/t12-,16-/m1/s1. The van der Waals surface area contributed by atoms with E-state index in [-0.39, 0.29) is 24.5 Å². The van der Waals surface area contributed by atoms with Gasteiger partial charge in [-0.25, -0.2) is 0 Å². The molecule has 21 heavy (non-hydrogen) atoms. The highest BCUT2D eigenvalue weighted by atomic mass is 16.3. The number of para-hydroxylation sites is 1. The minimum absolute atomic E-state index is 0.000342. The van der Waals surface area contributed by atoms with Gasteiger partial charge in [-0.3, -0.25) is 4.79 Å². The van der Waals surface area contributed by atoms with E-state index < -0.39 is 0 Å². The number of aliphatic hydroxyl groups is 1. The number of fused-ring (bicyclic) bond motifs is 1. The summed E-state index contributed by atoms with van der Waals surface area (Å²) in [6.07, 6.45) is 4.05. The lowest BCUT2D eigenvalue weighted by Gasteiger charge is -2.22. The Labute approximate surface area is 125 Å². The highest BCUT2D eigenvalue weighted by Crippen LogP contribution is 2.19. The number of hydrogen-bond acceptors (Lipinski definition) is 2. The van der Waals surface area contributed by atoms with E-state index in [9.17, 15) is 9.90 Å². The van der Waals surface area contributed by atoms with Gasteiger partial charge in [-0.05, 0) is 24.0 Å². The molecule has 2 atom stereocenters. The maximum absolute atomic E-state index is 12.0. The normalized spacial score (nSPS) is 14.0. The molecule has 0 spiro atoms.